The molecular weight excluding hydrogens is 308 g/mol. The molecule has 0 bridgehead atoms. The summed E-state index contributed by atoms with van der Waals surface area (Å²) in [6.45, 7) is 5.70. The lowest BCUT2D eigenvalue weighted by molar-refractivity contribution is -0.116. The number of rotatable bonds is 4. The summed E-state index contributed by atoms with van der Waals surface area (Å²) in [5.41, 5.74) is 2.29. The third-order valence-corrected chi connectivity index (χ3v) is 4.03. The van der Waals surface area contributed by atoms with Crippen molar-refractivity contribution in [3.63, 3.8) is 0 Å². The van der Waals surface area contributed by atoms with Crippen molar-refractivity contribution in [1.29, 1.82) is 0 Å². The van der Waals surface area contributed by atoms with Crippen molar-refractivity contribution >= 4 is 17.5 Å². The molecule has 0 spiro atoms. The molecule has 2 N–H and O–H groups in total. The van der Waals surface area contributed by atoms with E-state index in [1.807, 2.05) is 19.9 Å². The zero-order chi connectivity index (χ0) is 17.3. The summed E-state index contributed by atoms with van der Waals surface area (Å²) in [5, 5.41) is 9.55. The molecule has 1 aromatic carbocycles. The van der Waals surface area contributed by atoms with Crippen LogP contribution in [0.3, 0.4) is 0 Å². The number of aromatic nitrogens is 2. The quantitative estimate of drug-likeness (QED) is 0.898. The highest BCUT2D eigenvalue weighted by Gasteiger charge is 2.25. The van der Waals surface area contributed by atoms with Crippen LogP contribution in [0.25, 0.3) is 0 Å². The number of hydrogen-bond acceptors (Lipinski definition) is 5. The lowest BCUT2D eigenvalue weighted by atomic mass is 9.99. The molecular formula is C17H20N4O3. The summed E-state index contributed by atoms with van der Waals surface area (Å²) in [6, 6.07) is 4.94. The number of nitrogens with zero attached hydrogens (tertiary/aromatic N) is 2. The van der Waals surface area contributed by atoms with E-state index in [-0.39, 0.29) is 23.8 Å². The summed E-state index contributed by atoms with van der Waals surface area (Å²) in [4.78, 5) is 28.2. The fraction of sp³-hybridized carbons (Fsp3) is 0.412. The number of carbonyl (C=O) groups is 2. The van der Waals surface area contributed by atoms with Crippen LogP contribution in [-0.4, -0.2) is 22.0 Å². The molecule has 7 nitrogen and oxygen atoms in total. The zero-order valence-corrected chi connectivity index (χ0v) is 13.9. The van der Waals surface area contributed by atoms with E-state index in [1.165, 1.54) is 0 Å². The van der Waals surface area contributed by atoms with Crippen LogP contribution in [0.5, 0.6) is 0 Å². The largest absolute Gasteiger partial charge is 0.340 e. The van der Waals surface area contributed by atoms with E-state index in [0.29, 0.717) is 30.1 Å². The van der Waals surface area contributed by atoms with E-state index < -0.39 is 0 Å². The van der Waals surface area contributed by atoms with Crippen LogP contribution in [0.1, 0.15) is 53.9 Å². The molecule has 0 saturated carbocycles. The van der Waals surface area contributed by atoms with Crippen molar-refractivity contribution in [1.82, 2.24) is 15.5 Å². The molecule has 0 radical (unpaired) electrons. The highest BCUT2D eigenvalue weighted by molar-refractivity contribution is 5.98. The van der Waals surface area contributed by atoms with Gasteiger partial charge in [0.25, 0.3) is 5.91 Å². The van der Waals surface area contributed by atoms with E-state index in [4.69, 9.17) is 4.52 Å². The Labute approximate surface area is 139 Å². The monoisotopic (exact) mass is 328 g/mol. The van der Waals surface area contributed by atoms with Crippen LogP contribution in [0.2, 0.25) is 0 Å². The molecule has 2 heterocycles. The number of benzene rings is 1. The smallest absolute Gasteiger partial charge is 0.251 e. The normalized spacial score (nSPS) is 14.9. The number of hydrogen-bond donors (Lipinski definition) is 2. The topological polar surface area (TPSA) is 97.1 Å². The second-order valence-electron chi connectivity index (χ2n) is 6.30. The van der Waals surface area contributed by atoms with Crippen molar-refractivity contribution in [2.75, 3.05) is 5.32 Å². The lowest BCUT2D eigenvalue weighted by Crippen LogP contribution is -2.32. The van der Waals surface area contributed by atoms with Gasteiger partial charge in [0, 0.05) is 17.7 Å². The first-order valence-electron chi connectivity index (χ1n) is 7.98. The number of aryl methyl sites for hydroxylation is 2. The predicted octanol–water partition coefficient (Wildman–Crippen LogP) is 2.39. The van der Waals surface area contributed by atoms with Gasteiger partial charge in [0.2, 0.25) is 11.8 Å². The number of carbonyl (C=O) groups excluding carboxylic acids is 2. The summed E-state index contributed by atoms with van der Waals surface area (Å²) in [6.07, 6.45) is 1.08. The maximum Gasteiger partial charge on any atom is 0.251 e. The van der Waals surface area contributed by atoms with Crippen LogP contribution in [0.4, 0.5) is 5.69 Å². The Bertz CT molecular complexity index is 782. The first-order valence-corrected chi connectivity index (χ1v) is 7.98. The first kappa shape index (κ1) is 16.2. The molecule has 2 aromatic rings. The van der Waals surface area contributed by atoms with Crippen molar-refractivity contribution < 1.29 is 14.1 Å². The van der Waals surface area contributed by atoms with Gasteiger partial charge >= 0.3 is 0 Å². The number of anilines is 1. The molecule has 1 atom stereocenters. The van der Waals surface area contributed by atoms with Crippen molar-refractivity contribution in [2.24, 2.45) is 5.92 Å². The molecule has 0 aliphatic carbocycles. The van der Waals surface area contributed by atoms with Gasteiger partial charge in [-0.05, 0) is 43.0 Å². The highest BCUT2D eigenvalue weighted by Crippen LogP contribution is 2.25. The van der Waals surface area contributed by atoms with Crippen LogP contribution in [0, 0.1) is 12.8 Å². The van der Waals surface area contributed by atoms with Gasteiger partial charge in [0.1, 0.15) is 6.04 Å². The summed E-state index contributed by atoms with van der Waals surface area (Å²) >= 11 is 0. The summed E-state index contributed by atoms with van der Waals surface area (Å²) in [7, 11) is 0. The van der Waals surface area contributed by atoms with Crippen LogP contribution in [-0.2, 0) is 11.2 Å². The van der Waals surface area contributed by atoms with Gasteiger partial charge in [-0.15, -0.1) is 0 Å². The van der Waals surface area contributed by atoms with E-state index in [9.17, 15) is 9.59 Å². The number of nitrogens with one attached hydrogen (secondary N) is 2. The summed E-state index contributed by atoms with van der Waals surface area (Å²) < 4.78 is 5.20. The summed E-state index contributed by atoms with van der Waals surface area (Å²) in [5.74, 6) is 0.844. The molecule has 0 fully saturated rings. The Kier molecular flexibility index (Phi) is 4.33. The average molecular weight is 328 g/mol. The van der Waals surface area contributed by atoms with Crippen molar-refractivity contribution in [3.05, 3.63) is 41.0 Å². The molecule has 1 aromatic heterocycles. The number of fused-ring (bicyclic) bond motifs is 1. The molecule has 2 amide bonds. The second kappa shape index (κ2) is 6.43. The van der Waals surface area contributed by atoms with Gasteiger partial charge in [-0.3, -0.25) is 9.59 Å². The lowest BCUT2D eigenvalue weighted by Gasteiger charge is -2.20. The fourth-order valence-corrected chi connectivity index (χ4v) is 2.70. The number of amides is 2. The standard InChI is InChI=1S/C17H20N4O3/c1-9(2)15(17-18-10(3)21-24-17)20-16(23)12-4-6-13-11(8-12)5-7-14(22)19-13/h4,6,8-9,15H,5,7H2,1-3H3,(H,19,22)(H,20,23)/t15-/m1/s1. The Balaban J connectivity index is 1.79. The van der Waals surface area contributed by atoms with Gasteiger partial charge in [0.05, 0.1) is 0 Å². The van der Waals surface area contributed by atoms with Gasteiger partial charge in [0.15, 0.2) is 5.82 Å². The Hall–Kier alpha value is -2.70. The first-order chi connectivity index (χ1) is 11.4. The van der Waals surface area contributed by atoms with E-state index in [1.54, 1.807) is 19.1 Å². The molecule has 24 heavy (non-hydrogen) atoms. The molecule has 0 saturated heterocycles. The SMILES string of the molecule is Cc1noc([C@H](NC(=O)c2ccc3c(c2)CCC(=O)N3)C(C)C)n1. The minimum Gasteiger partial charge on any atom is -0.340 e. The van der Waals surface area contributed by atoms with E-state index in [2.05, 4.69) is 20.8 Å². The van der Waals surface area contributed by atoms with Crippen LogP contribution < -0.4 is 10.6 Å². The molecule has 0 unspecified atom stereocenters. The maximum atomic E-state index is 12.6. The zero-order valence-electron chi connectivity index (χ0n) is 13.9. The molecule has 7 heteroatoms. The van der Waals surface area contributed by atoms with Gasteiger partial charge < -0.3 is 15.2 Å². The Morgan fingerprint density at radius 3 is 2.79 bits per heavy atom. The van der Waals surface area contributed by atoms with Crippen LogP contribution in [0.15, 0.2) is 22.7 Å². The second-order valence-corrected chi connectivity index (χ2v) is 6.30. The molecule has 1 aliphatic rings. The van der Waals surface area contributed by atoms with Gasteiger partial charge in [-0.25, -0.2) is 0 Å². The van der Waals surface area contributed by atoms with E-state index in [0.717, 1.165) is 11.3 Å². The Morgan fingerprint density at radius 1 is 1.33 bits per heavy atom. The third kappa shape index (κ3) is 3.29. The Morgan fingerprint density at radius 2 is 2.12 bits per heavy atom. The predicted molar refractivity (Wildman–Crippen MR) is 87.5 cm³/mol. The fourth-order valence-electron chi connectivity index (χ4n) is 2.70. The molecule has 3 rings (SSSR count). The highest BCUT2D eigenvalue weighted by atomic mass is 16.5. The van der Waals surface area contributed by atoms with Crippen molar-refractivity contribution in [2.45, 2.75) is 39.7 Å². The molecule has 126 valence electrons. The maximum absolute atomic E-state index is 12.6. The minimum atomic E-state index is -0.352. The van der Waals surface area contributed by atoms with Crippen LogP contribution >= 0.6 is 0 Å². The minimum absolute atomic E-state index is 0.00587. The average Bonchev–Trinajstić information content (AvgIpc) is 2.97. The van der Waals surface area contributed by atoms with Gasteiger partial charge in [-0.2, -0.15) is 4.98 Å². The third-order valence-electron chi connectivity index (χ3n) is 4.03. The molecule has 1 aliphatic heterocycles. The van der Waals surface area contributed by atoms with E-state index >= 15 is 0 Å². The van der Waals surface area contributed by atoms with Crippen molar-refractivity contribution in [3.8, 4) is 0 Å². The van der Waals surface area contributed by atoms with Gasteiger partial charge in [-0.1, -0.05) is 19.0 Å².